The molecular weight excluding hydrogens is 360 g/mol. The van der Waals surface area contributed by atoms with E-state index in [0.717, 1.165) is 17.3 Å². The van der Waals surface area contributed by atoms with Gasteiger partial charge in [-0.3, -0.25) is 29.9 Å². The highest BCUT2D eigenvalue weighted by Gasteiger charge is 2.10. The van der Waals surface area contributed by atoms with Crippen LogP contribution < -0.4 is 21.0 Å². The molecule has 8 heteroatoms. The lowest BCUT2D eigenvalue weighted by atomic mass is 10.1. The number of hydrazine groups is 1. The molecule has 8 nitrogen and oxygen atoms in total. The van der Waals surface area contributed by atoms with E-state index in [1.807, 2.05) is 26.0 Å². The van der Waals surface area contributed by atoms with Gasteiger partial charge in [0, 0.05) is 5.39 Å². The molecule has 3 aromatic rings. The monoisotopic (exact) mass is 380 g/mol. The van der Waals surface area contributed by atoms with Crippen LogP contribution in [-0.2, 0) is 16.1 Å². The maximum absolute atomic E-state index is 12.1. The summed E-state index contributed by atoms with van der Waals surface area (Å²) in [6.07, 6.45) is 1.16. The number of nitrogens with one attached hydrogen (secondary N) is 2. The van der Waals surface area contributed by atoms with Crippen molar-refractivity contribution < 1.29 is 14.3 Å². The van der Waals surface area contributed by atoms with Crippen LogP contribution in [0.25, 0.3) is 10.9 Å². The van der Waals surface area contributed by atoms with Gasteiger partial charge in [0.2, 0.25) is 5.43 Å². The molecule has 0 fully saturated rings. The van der Waals surface area contributed by atoms with E-state index in [4.69, 9.17) is 4.74 Å². The van der Waals surface area contributed by atoms with E-state index in [1.54, 1.807) is 30.3 Å². The molecule has 2 aromatic carbocycles. The molecular formula is C20H20N4O4. The number of benzene rings is 2. The minimum atomic E-state index is -0.496. The Hall–Kier alpha value is -3.68. The van der Waals surface area contributed by atoms with E-state index < -0.39 is 11.8 Å². The Balaban J connectivity index is 1.53. The highest BCUT2D eigenvalue weighted by Crippen LogP contribution is 2.16. The number of carbonyl (C=O) groups is 2. The normalized spacial score (nSPS) is 10.5. The molecule has 144 valence electrons. The summed E-state index contributed by atoms with van der Waals surface area (Å²) in [4.78, 5) is 35.8. The number of rotatable bonds is 5. The first kappa shape index (κ1) is 19.1. The number of aromatic nitrogens is 2. The number of hydrogen-bond acceptors (Lipinski definition) is 5. The fourth-order valence-electron chi connectivity index (χ4n) is 2.59. The molecule has 1 aromatic heterocycles. The lowest BCUT2D eigenvalue weighted by Crippen LogP contribution is -2.45. The van der Waals surface area contributed by atoms with E-state index >= 15 is 0 Å². The molecule has 0 aliphatic carbocycles. The number of ether oxygens (including phenoxy) is 1. The third-order valence-corrected chi connectivity index (χ3v) is 4.24. The zero-order valence-corrected chi connectivity index (χ0v) is 15.6. The van der Waals surface area contributed by atoms with E-state index in [1.165, 1.54) is 4.68 Å². The van der Waals surface area contributed by atoms with Crippen molar-refractivity contribution in [2.45, 2.75) is 20.4 Å². The van der Waals surface area contributed by atoms with Crippen LogP contribution in [0.15, 0.2) is 53.5 Å². The Morgan fingerprint density at radius 3 is 2.57 bits per heavy atom. The summed E-state index contributed by atoms with van der Waals surface area (Å²) >= 11 is 0. The van der Waals surface area contributed by atoms with Crippen LogP contribution in [0.2, 0.25) is 0 Å². The first-order valence-corrected chi connectivity index (χ1v) is 8.66. The van der Waals surface area contributed by atoms with Gasteiger partial charge >= 0.3 is 0 Å². The van der Waals surface area contributed by atoms with Crippen LogP contribution in [0.1, 0.15) is 11.1 Å². The molecule has 3 rings (SSSR count). The quantitative estimate of drug-likeness (QED) is 0.649. The van der Waals surface area contributed by atoms with Gasteiger partial charge in [0.15, 0.2) is 6.61 Å². The summed E-state index contributed by atoms with van der Waals surface area (Å²) in [7, 11) is 0. The van der Waals surface area contributed by atoms with Gasteiger partial charge < -0.3 is 4.74 Å². The maximum atomic E-state index is 12.1. The second-order valence-corrected chi connectivity index (χ2v) is 6.31. The number of hydrogen-bond donors (Lipinski definition) is 2. The van der Waals surface area contributed by atoms with Gasteiger partial charge in [-0.25, -0.2) is 0 Å². The largest absolute Gasteiger partial charge is 0.484 e. The molecule has 28 heavy (non-hydrogen) atoms. The molecule has 0 aliphatic heterocycles. The van der Waals surface area contributed by atoms with Crippen molar-refractivity contribution in [3.05, 3.63) is 70.0 Å². The van der Waals surface area contributed by atoms with Crippen LogP contribution in [0.3, 0.4) is 0 Å². The molecule has 0 unspecified atom stereocenters. The van der Waals surface area contributed by atoms with Gasteiger partial charge in [-0.1, -0.05) is 18.2 Å². The van der Waals surface area contributed by atoms with Gasteiger partial charge in [0.05, 0.1) is 11.7 Å². The Morgan fingerprint density at radius 2 is 1.79 bits per heavy atom. The number of aryl methyl sites for hydroxylation is 2. The number of para-hydroxylation sites is 1. The van der Waals surface area contributed by atoms with Gasteiger partial charge in [-0.2, -0.15) is 5.10 Å². The second kappa shape index (κ2) is 8.34. The summed E-state index contributed by atoms with van der Waals surface area (Å²) in [6, 6.07) is 12.4. The van der Waals surface area contributed by atoms with Crippen molar-refractivity contribution in [1.82, 2.24) is 20.6 Å². The Morgan fingerprint density at radius 1 is 1.04 bits per heavy atom. The zero-order valence-electron chi connectivity index (χ0n) is 15.6. The minimum Gasteiger partial charge on any atom is -0.484 e. The lowest BCUT2D eigenvalue weighted by molar-refractivity contribution is -0.130. The smallest absolute Gasteiger partial charge is 0.276 e. The SMILES string of the molecule is Cc1ccc(OCC(=O)NNC(=O)Cn2ncc(=O)c3ccccc32)cc1C. The fourth-order valence-corrected chi connectivity index (χ4v) is 2.59. The molecule has 0 radical (unpaired) electrons. The third kappa shape index (κ3) is 4.53. The van der Waals surface area contributed by atoms with Gasteiger partial charge in [0.1, 0.15) is 12.3 Å². The Bertz CT molecular complexity index is 1090. The van der Waals surface area contributed by atoms with Crippen molar-refractivity contribution in [1.29, 1.82) is 0 Å². The minimum absolute atomic E-state index is 0.154. The fraction of sp³-hybridized carbons (Fsp3) is 0.200. The molecule has 0 saturated heterocycles. The number of nitrogens with zero attached hydrogens (tertiary/aromatic N) is 2. The highest BCUT2D eigenvalue weighted by atomic mass is 16.5. The number of carbonyl (C=O) groups excluding carboxylic acids is 2. The van der Waals surface area contributed by atoms with Gasteiger partial charge in [-0.05, 0) is 49.2 Å². The van der Waals surface area contributed by atoms with E-state index in [9.17, 15) is 14.4 Å². The second-order valence-electron chi connectivity index (χ2n) is 6.31. The molecule has 0 atom stereocenters. The average Bonchev–Trinajstić information content (AvgIpc) is 2.69. The molecule has 0 saturated carbocycles. The highest BCUT2D eigenvalue weighted by molar-refractivity contribution is 5.84. The lowest BCUT2D eigenvalue weighted by Gasteiger charge is -2.11. The third-order valence-electron chi connectivity index (χ3n) is 4.24. The van der Waals surface area contributed by atoms with Crippen molar-refractivity contribution in [3.8, 4) is 5.75 Å². The standard InChI is InChI=1S/C20H20N4O4/c1-13-7-8-15(9-14(13)2)28-12-20(27)23-22-19(26)11-24-17-6-4-3-5-16(17)18(25)10-21-24/h3-10H,11-12H2,1-2H3,(H,22,26)(H,23,27). The molecule has 1 heterocycles. The molecule has 0 bridgehead atoms. The van der Waals surface area contributed by atoms with E-state index in [2.05, 4.69) is 16.0 Å². The summed E-state index contributed by atoms with van der Waals surface area (Å²) in [5.74, 6) is -0.404. The summed E-state index contributed by atoms with van der Waals surface area (Å²) in [5, 5.41) is 4.44. The average molecular weight is 380 g/mol. The van der Waals surface area contributed by atoms with Crippen molar-refractivity contribution in [2.24, 2.45) is 0 Å². The van der Waals surface area contributed by atoms with Crippen LogP contribution in [0, 0.1) is 13.8 Å². The first-order valence-electron chi connectivity index (χ1n) is 8.66. The molecule has 0 spiro atoms. The van der Waals surface area contributed by atoms with Crippen LogP contribution in [-0.4, -0.2) is 28.2 Å². The predicted octanol–water partition coefficient (Wildman–Crippen LogP) is 1.24. The van der Waals surface area contributed by atoms with Crippen molar-refractivity contribution in [2.75, 3.05) is 6.61 Å². The van der Waals surface area contributed by atoms with Gasteiger partial charge in [0.25, 0.3) is 11.8 Å². The Labute approximate surface area is 161 Å². The predicted molar refractivity (Wildman–Crippen MR) is 104 cm³/mol. The molecule has 2 amide bonds. The van der Waals surface area contributed by atoms with Crippen molar-refractivity contribution in [3.63, 3.8) is 0 Å². The topological polar surface area (TPSA) is 102 Å². The first-order chi connectivity index (χ1) is 13.4. The Kier molecular flexibility index (Phi) is 5.69. The van der Waals surface area contributed by atoms with Crippen molar-refractivity contribution >= 4 is 22.7 Å². The van der Waals surface area contributed by atoms with Gasteiger partial charge in [-0.15, -0.1) is 0 Å². The zero-order chi connectivity index (χ0) is 20.1. The van der Waals surface area contributed by atoms with Crippen LogP contribution in [0.5, 0.6) is 5.75 Å². The van der Waals surface area contributed by atoms with Crippen LogP contribution >= 0.6 is 0 Å². The number of fused-ring (bicyclic) bond motifs is 1. The summed E-state index contributed by atoms with van der Waals surface area (Å²) in [5.41, 5.74) is 7.11. The van der Waals surface area contributed by atoms with E-state index in [0.29, 0.717) is 16.7 Å². The summed E-state index contributed by atoms with van der Waals surface area (Å²) < 4.78 is 6.80. The number of amides is 2. The summed E-state index contributed by atoms with van der Waals surface area (Å²) in [6.45, 7) is 3.56. The molecule has 2 N–H and O–H groups in total. The molecule has 0 aliphatic rings. The van der Waals surface area contributed by atoms with Crippen LogP contribution in [0.4, 0.5) is 0 Å². The maximum Gasteiger partial charge on any atom is 0.276 e. The van der Waals surface area contributed by atoms with E-state index in [-0.39, 0.29) is 18.6 Å².